The predicted molar refractivity (Wildman–Crippen MR) is 154 cm³/mol. The lowest BCUT2D eigenvalue weighted by Gasteiger charge is -2.21. The van der Waals surface area contributed by atoms with Gasteiger partial charge < -0.3 is 16.2 Å². The van der Waals surface area contributed by atoms with E-state index in [4.69, 9.17) is 16.2 Å². The Morgan fingerprint density at radius 3 is 1.46 bits per heavy atom. The fraction of sp³-hybridized carbons (Fsp3) is 0.0714. The number of benzene rings is 4. The molecule has 0 aromatic heterocycles. The predicted octanol–water partition coefficient (Wildman–Crippen LogP) is 4.64. The highest BCUT2D eigenvalue weighted by Crippen LogP contribution is 2.31. The Bertz CT molecular complexity index is 1810. The molecule has 0 bridgehead atoms. The molecule has 0 aliphatic rings. The van der Waals surface area contributed by atoms with Gasteiger partial charge in [-0.05, 0) is 74.5 Å². The van der Waals surface area contributed by atoms with Crippen molar-refractivity contribution in [1.82, 2.24) is 0 Å². The van der Waals surface area contributed by atoms with E-state index in [9.17, 15) is 26.4 Å². The minimum absolute atomic E-state index is 0.0247. The van der Waals surface area contributed by atoms with Crippen LogP contribution in [0.4, 0.5) is 21.0 Å². The standard InChI is InChI=1S/C28H26N4O7S2/c1-19-6-14-25(15-7-19)40(35,36)31(27(29)33)21-10-12-23(13-11-21)39-24-5-3-4-22(18-24)32(28(30)34)41(37,38)26-16-8-20(2)9-17-26/h3-18H,1-2H3,(H2,29,33)(H2,30,34). The Balaban J connectivity index is 1.61. The molecular weight excluding hydrogens is 568 g/mol. The second-order valence-corrected chi connectivity index (χ2v) is 12.5. The normalized spacial score (nSPS) is 11.5. The van der Waals surface area contributed by atoms with Crippen molar-refractivity contribution in [1.29, 1.82) is 0 Å². The molecule has 11 nitrogen and oxygen atoms in total. The molecular formula is C28H26N4O7S2. The number of sulfonamides is 2. The molecule has 4 aromatic carbocycles. The zero-order chi connectivity index (χ0) is 29.9. The Morgan fingerprint density at radius 2 is 1.02 bits per heavy atom. The van der Waals surface area contributed by atoms with Gasteiger partial charge in [0.05, 0.1) is 21.2 Å². The van der Waals surface area contributed by atoms with Gasteiger partial charge in [-0.2, -0.15) is 8.61 Å². The van der Waals surface area contributed by atoms with E-state index in [1.54, 1.807) is 38.1 Å². The summed E-state index contributed by atoms with van der Waals surface area (Å²) in [7, 11) is -8.62. The second kappa shape index (κ2) is 11.3. The van der Waals surface area contributed by atoms with Crippen molar-refractivity contribution < 1.29 is 31.2 Å². The summed E-state index contributed by atoms with van der Waals surface area (Å²) >= 11 is 0. The zero-order valence-corrected chi connectivity index (χ0v) is 23.6. The van der Waals surface area contributed by atoms with Gasteiger partial charge in [0.2, 0.25) is 0 Å². The third-order valence-corrected chi connectivity index (χ3v) is 9.36. The molecule has 0 radical (unpaired) electrons. The van der Waals surface area contributed by atoms with Crippen LogP contribution in [-0.2, 0) is 20.0 Å². The van der Waals surface area contributed by atoms with Crippen LogP contribution in [0, 0.1) is 13.8 Å². The van der Waals surface area contributed by atoms with Gasteiger partial charge in [0.15, 0.2) is 0 Å². The number of aryl methyl sites for hydroxylation is 2. The van der Waals surface area contributed by atoms with E-state index in [0.717, 1.165) is 11.1 Å². The number of nitrogens with zero attached hydrogens (tertiary/aromatic N) is 2. The summed E-state index contributed by atoms with van der Waals surface area (Å²) in [6.45, 7) is 3.59. The highest BCUT2D eigenvalue weighted by atomic mass is 32.2. The topological polar surface area (TPSA) is 170 Å². The Hall–Kier alpha value is -4.88. The van der Waals surface area contributed by atoms with Gasteiger partial charge in [0, 0.05) is 6.07 Å². The average Bonchev–Trinajstić information content (AvgIpc) is 2.90. The van der Waals surface area contributed by atoms with Crippen molar-refractivity contribution in [3.05, 3.63) is 108 Å². The van der Waals surface area contributed by atoms with Gasteiger partial charge >= 0.3 is 12.1 Å². The number of carbonyl (C=O) groups excluding carboxylic acids is 2. The number of amides is 4. The quantitative estimate of drug-likeness (QED) is 0.299. The number of carbonyl (C=O) groups is 2. The first-order valence-electron chi connectivity index (χ1n) is 12.0. The van der Waals surface area contributed by atoms with Crippen LogP contribution in [0.5, 0.6) is 11.5 Å². The molecule has 0 aliphatic heterocycles. The largest absolute Gasteiger partial charge is 0.457 e. The molecule has 0 saturated carbocycles. The van der Waals surface area contributed by atoms with E-state index in [-0.39, 0.29) is 32.7 Å². The Morgan fingerprint density at radius 1 is 0.585 bits per heavy atom. The summed E-state index contributed by atoms with van der Waals surface area (Å²) in [6, 6.07) is 20.6. The highest BCUT2D eigenvalue weighted by Gasteiger charge is 2.31. The molecule has 0 atom stereocenters. The molecule has 0 unspecified atom stereocenters. The molecule has 0 aliphatic carbocycles. The van der Waals surface area contributed by atoms with Crippen LogP contribution in [0.25, 0.3) is 0 Å². The van der Waals surface area contributed by atoms with E-state index < -0.39 is 32.1 Å². The smallest absolute Gasteiger partial charge is 0.333 e. The molecule has 41 heavy (non-hydrogen) atoms. The van der Waals surface area contributed by atoms with E-state index in [1.165, 1.54) is 72.8 Å². The molecule has 4 amide bonds. The number of nitrogens with two attached hydrogens (primary N) is 2. The van der Waals surface area contributed by atoms with Crippen LogP contribution >= 0.6 is 0 Å². The summed E-state index contributed by atoms with van der Waals surface area (Å²) in [5.41, 5.74) is 12.5. The molecule has 0 fully saturated rings. The lowest BCUT2D eigenvalue weighted by molar-refractivity contribution is 0.256. The van der Waals surface area contributed by atoms with Crippen molar-refractivity contribution >= 4 is 43.5 Å². The molecule has 0 spiro atoms. The Kier molecular flexibility index (Phi) is 8.03. The van der Waals surface area contributed by atoms with Gasteiger partial charge in [0.1, 0.15) is 11.5 Å². The first-order valence-corrected chi connectivity index (χ1v) is 14.9. The lowest BCUT2D eigenvalue weighted by Crippen LogP contribution is -2.40. The van der Waals surface area contributed by atoms with Crippen molar-refractivity contribution in [2.45, 2.75) is 23.6 Å². The molecule has 212 valence electrons. The van der Waals surface area contributed by atoms with Gasteiger partial charge in [-0.3, -0.25) is 0 Å². The molecule has 4 N–H and O–H groups in total. The second-order valence-electron chi connectivity index (χ2n) is 8.93. The van der Waals surface area contributed by atoms with Gasteiger partial charge in [0.25, 0.3) is 20.0 Å². The summed E-state index contributed by atoms with van der Waals surface area (Å²) < 4.78 is 59.4. The summed E-state index contributed by atoms with van der Waals surface area (Å²) in [5, 5.41) is 0. The SMILES string of the molecule is Cc1ccc(S(=O)(=O)N(C(N)=O)c2ccc(Oc3cccc(N(C(N)=O)S(=O)(=O)c4ccc(C)cc4)c3)cc2)cc1. The van der Waals surface area contributed by atoms with Crippen LogP contribution in [-0.4, -0.2) is 28.9 Å². The number of rotatable bonds is 8. The fourth-order valence-corrected chi connectivity index (χ4v) is 6.51. The zero-order valence-electron chi connectivity index (χ0n) is 22.0. The fourth-order valence-electron chi connectivity index (χ4n) is 3.86. The molecule has 0 heterocycles. The molecule has 4 aromatic rings. The van der Waals surface area contributed by atoms with E-state index in [2.05, 4.69) is 0 Å². The highest BCUT2D eigenvalue weighted by molar-refractivity contribution is 7.94. The van der Waals surface area contributed by atoms with Gasteiger partial charge in [-0.25, -0.2) is 26.4 Å². The number of primary amides is 2. The van der Waals surface area contributed by atoms with Crippen LogP contribution in [0.3, 0.4) is 0 Å². The molecule has 4 rings (SSSR count). The monoisotopic (exact) mass is 594 g/mol. The molecule has 0 saturated heterocycles. The minimum atomic E-state index is -4.33. The van der Waals surface area contributed by atoms with Gasteiger partial charge in [-0.1, -0.05) is 41.5 Å². The van der Waals surface area contributed by atoms with E-state index in [0.29, 0.717) is 8.61 Å². The third kappa shape index (κ3) is 6.15. The van der Waals surface area contributed by atoms with Crippen LogP contribution < -0.4 is 24.8 Å². The van der Waals surface area contributed by atoms with Crippen molar-refractivity contribution in [3.8, 4) is 11.5 Å². The Labute approximate surface area is 237 Å². The van der Waals surface area contributed by atoms with Crippen molar-refractivity contribution in [2.24, 2.45) is 11.5 Å². The van der Waals surface area contributed by atoms with Crippen LogP contribution in [0.1, 0.15) is 11.1 Å². The van der Waals surface area contributed by atoms with E-state index in [1.807, 2.05) is 0 Å². The number of hydrogen-bond acceptors (Lipinski definition) is 7. The van der Waals surface area contributed by atoms with Crippen molar-refractivity contribution in [3.63, 3.8) is 0 Å². The van der Waals surface area contributed by atoms with Crippen LogP contribution in [0.2, 0.25) is 0 Å². The average molecular weight is 595 g/mol. The summed E-state index contributed by atoms with van der Waals surface area (Å²) in [5.74, 6) is 0.370. The minimum Gasteiger partial charge on any atom is -0.457 e. The number of anilines is 2. The van der Waals surface area contributed by atoms with Gasteiger partial charge in [-0.15, -0.1) is 0 Å². The summed E-state index contributed by atoms with van der Waals surface area (Å²) in [6.07, 6.45) is 0. The molecule has 13 heteroatoms. The summed E-state index contributed by atoms with van der Waals surface area (Å²) in [4.78, 5) is 24.2. The first kappa shape index (κ1) is 29.1. The van der Waals surface area contributed by atoms with Crippen LogP contribution in [0.15, 0.2) is 107 Å². The van der Waals surface area contributed by atoms with Crippen molar-refractivity contribution in [2.75, 3.05) is 8.61 Å². The maximum absolute atomic E-state index is 13.2. The number of urea groups is 2. The third-order valence-electron chi connectivity index (χ3n) is 5.88. The first-order chi connectivity index (χ1) is 19.3. The number of ether oxygens (including phenoxy) is 1. The number of hydrogen-bond donors (Lipinski definition) is 2. The lowest BCUT2D eigenvalue weighted by atomic mass is 10.2. The maximum Gasteiger partial charge on any atom is 0.333 e. The van der Waals surface area contributed by atoms with E-state index >= 15 is 0 Å². The maximum atomic E-state index is 13.2.